The minimum Gasteiger partial charge on any atom is -0.311 e. The quantitative estimate of drug-likeness (QED) is 0.666. The van der Waals surface area contributed by atoms with E-state index < -0.39 is 0 Å². The van der Waals surface area contributed by atoms with Crippen molar-refractivity contribution in [2.24, 2.45) is 5.41 Å². The van der Waals surface area contributed by atoms with Gasteiger partial charge in [-0.05, 0) is 43.9 Å². The lowest BCUT2D eigenvalue weighted by atomic mass is 9.75. The molecule has 0 aromatic rings. The van der Waals surface area contributed by atoms with Crippen molar-refractivity contribution in [2.45, 2.75) is 97.6 Å². The Kier molecular flexibility index (Phi) is 6.54. The molecule has 1 atom stereocenters. The van der Waals surface area contributed by atoms with Gasteiger partial charge in [0.25, 0.3) is 0 Å². The van der Waals surface area contributed by atoms with Crippen molar-refractivity contribution < 1.29 is 0 Å². The lowest BCUT2D eigenvalue weighted by Gasteiger charge is -2.36. The largest absolute Gasteiger partial charge is 0.311 e. The smallest absolute Gasteiger partial charge is 0.00700 e. The molecular formula is C16H33N. The van der Waals surface area contributed by atoms with Crippen molar-refractivity contribution in [2.75, 3.05) is 0 Å². The highest BCUT2D eigenvalue weighted by molar-refractivity contribution is 4.84. The van der Waals surface area contributed by atoms with Crippen LogP contribution in [0.4, 0.5) is 0 Å². The predicted molar refractivity (Wildman–Crippen MR) is 77.4 cm³/mol. The van der Waals surface area contributed by atoms with Crippen molar-refractivity contribution in [3.05, 3.63) is 0 Å². The Bertz CT molecular complexity index is 188. The Morgan fingerprint density at radius 3 is 2.24 bits per heavy atom. The Morgan fingerprint density at radius 1 is 1.06 bits per heavy atom. The Balaban J connectivity index is 2.29. The first-order chi connectivity index (χ1) is 8.07. The van der Waals surface area contributed by atoms with Gasteiger partial charge in [0.2, 0.25) is 0 Å². The highest BCUT2D eigenvalue weighted by atomic mass is 14.9. The van der Waals surface area contributed by atoms with Crippen LogP contribution in [0, 0.1) is 5.41 Å². The summed E-state index contributed by atoms with van der Waals surface area (Å²) < 4.78 is 0. The number of unbranched alkanes of at least 4 members (excludes halogenated alkanes) is 1. The Labute approximate surface area is 109 Å². The highest BCUT2D eigenvalue weighted by Crippen LogP contribution is 2.35. The molecule has 1 rings (SSSR count). The summed E-state index contributed by atoms with van der Waals surface area (Å²) in [4.78, 5) is 0. The monoisotopic (exact) mass is 239 g/mol. The average Bonchev–Trinajstić information content (AvgIpc) is 2.29. The van der Waals surface area contributed by atoms with Crippen LogP contribution < -0.4 is 5.32 Å². The number of rotatable bonds is 7. The first-order valence-electron chi connectivity index (χ1n) is 7.83. The van der Waals surface area contributed by atoms with Crippen LogP contribution in [0.15, 0.2) is 0 Å². The summed E-state index contributed by atoms with van der Waals surface area (Å²) in [6, 6.07) is 1.59. The molecule has 1 saturated carbocycles. The molecule has 0 bridgehead atoms. The number of nitrogens with one attached hydrogen (secondary N) is 1. The van der Waals surface area contributed by atoms with Gasteiger partial charge in [0.15, 0.2) is 0 Å². The molecule has 17 heavy (non-hydrogen) atoms. The van der Waals surface area contributed by atoms with E-state index in [1.165, 1.54) is 57.8 Å². The van der Waals surface area contributed by atoms with E-state index in [-0.39, 0.29) is 0 Å². The molecule has 0 aromatic carbocycles. The molecule has 0 amide bonds. The summed E-state index contributed by atoms with van der Waals surface area (Å²) in [7, 11) is 0. The van der Waals surface area contributed by atoms with Crippen LogP contribution in [0.5, 0.6) is 0 Å². The first-order valence-corrected chi connectivity index (χ1v) is 7.83. The van der Waals surface area contributed by atoms with Gasteiger partial charge < -0.3 is 5.32 Å². The molecule has 0 aromatic heterocycles. The van der Waals surface area contributed by atoms with Gasteiger partial charge in [-0.25, -0.2) is 0 Å². The molecule has 0 saturated heterocycles. The van der Waals surface area contributed by atoms with E-state index in [0.29, 0.717) is 5.41 Å². The summed E-state index contributed by atoms with van der Waals surface area (Å²) in [6.45, 7) is 9.45. The van der Waals surface area contributed by atoms with Gasteiger partial charge in [-0.1, -0.05) is 47.0 Å². The summed E-state index contributed by atoms with van der Waals surface area (Å²) in [5.74, 6) is 0. The molecule has 0 aliphatic heterocycles. The second-order valence-corrected chi connectivity index (χ2v) is 6.73. The van der Waals surface area contributed by atoms with Gasteiger partial charge in [-0.15, -0.1) is 0 Å². The van der Waals surface area contributed by atoms with Gasteiger partial charge in [0, 0.05) is 12.1 Å². The average molecular weight is 239 g/mol. The van der Waals surface area contributed by atoms with Crippen molar-refractivity contribution in [1.82, 2.24) is 5.32 Å². The van der Waals surface area contributed by atoms with Crippen molar-refractivity contribution in [1.29, 1.82) is 0 Å². The summed E-state index contributed by atoms with van der Waals surface area (Å²) in [6.07, 6.45) is 12.4. The molecule has 0 heterocycles. The fourth-order valence-electron chi connectivity index (χ4n) is 3.01. The van der Waals surface area contributed by atoms with Crippen LogP contribution in [-0.2, 0) is 0 Å². The van der Waals surface area contributed by atoms with Crippen LogP contribution in [-0.4, -0.2) is 12.1 Å². The maximum absolute atomic E-state index is 3.93. The summed E-state index contributed by atoms with van der Waals surface area (Å²) in [5.41, 5.74) is 0.599. The van der Waals surface area contributed by atoms with Crippen LogP contribution in [0.2, 0.25) is 0 Å². The minimum absolute atomic E-state index is 0.599. The summed E-state index contributed by atoms with van der Waals surface area (Å²) in [5, 5.41) is 3.93. The SMILES string of the molecule is CCCCC(CCC)NC1CCC(C)(C)CC1. The molecule has 1 unspecified atom stereocenters. The highest BCUT2D eigenvalue weighted by Gasteiger charge is 2.27. The number of hydrogen-bond acceptors (Lipinski definition) is 1. The van der Waals surface area contributed by atoms with E-state index >= 15 is 0 Å². The molecule has 1 fully saturated rings. The molecule has 102 valence electrons. The third-order valence-corrected chi connectivity index (χ3v) is 4.35. The van der Waals surface area contributed by atoms with Gasteiger partial charge in [-0.3, -0.25) is 0 Å². The van der Waals surface area contributed by atoms with Gasteiger partial charge >= 0.3 is 0 Å². The standard InChI is InChI=1S/C16H33N/c1-5-7-9-14(8-6-2)17-15-10-12-16(3,4)13-11-15/h14-15,17H,5-13H2,1-4H3. The third kappa shape index (κ3) is 5.90. The fraction of sp³-hybridized carbons (Fsp3) is 1.00. The van der Waals surface area contributed by atoms with Crippen LogP contribution in [0.1, 0.15) is 85.5 Å². The van der Waals surface area contributed by atoms with Crippen molar-refractivity contribution in [3.63, 3.8) is 0 Å². The van der Waals surface area contributed by atoms with Crippen molar-refractivity contribution >= 4 is 0 Å². The zero-order valence-electron chi connectivity index (χ0n) is 12.5. The van der Waals surface area contributed by atoms with E-state index in [9.17, 15) is 0 Å². The minimum atomic E-state index is 0.599. The third-order valence-electron chi connectivity index (χ3n) is 4.35. The number of hydrogen-bond donors (Lipinski definition) is 1. The molecule has 1 N–H and O–H groups in total. The first kappa shape index (κ1) is 15.0. The van der Waals surface area contributed by atoms with E-state index in [0.717, 1.165) is 12.1 Å². The second-order valence-electron chi connectivity index (χ2n) is 6.73. The molecular weight excluding hydrogens is 206 g/mol. The molecule has 1 aliphatic carbocycles. The molecule has 1 aliphatic rings. The Morgan fingerprint density at radius 2 is 1.71 bits per heavy atom. The Hall–Kier alpha value is -0.0400. The second kappa shape index (κ2) is 7.41. The molecule has 1 heteroatoms. The van der Waals surface area contributed by atoms with E-state index in [1.807, 2.05) is 0 Å². The maximum Gasteiger partial charge on any atom is 0.00700 e. The van der Waals surface area contributed by atoms with Crippen LogP contribution in [0.3, 0.4) is 0 Å². The maximum atomic E-state index is 3.93. The molecule has 0 spiro atoms. The van der Waals surface area contributed by atoms with Crippen LogP contribution >= 0.6 is 0 Å². The molecule has 0 radical (unpaired) electrons. The zero-order valence-corrected chi connectivity index (χ0v) is 12.5. The normalized spacial score (nSPS) is 22.6. The van der Waals surface area contributed by atoms with Gasteiger partial charge in [0.1, 0.15) is 0 Å². The fourth-order valence-corrected chi connectivity index (χ4v) is 3.01. The van der Waals surface area contributed by atoms with Gasteiger partial charge in [0.05, 0.1) is 0 Å². The van der Waals surface area contributed by atoms with Crippen molar-refractivity contribution in [3.8, 4) is 0 Å². The summed E-state index contributed by atoms with van der Waals surface area (Å²) >= 11 is 0. The lowest BCUT2D eigenvalue weighted by molar-refractivity contribution is 0.194. The van der Waals surface area contributed by atoms with Gasteiger partial charge in [-0.2, -0.15) is 0 Å². The van der Waals surface area contributed by atoms with E-state index in [1.54, 1.807) is 0 Å². The van der Waals surface area contributed by atoms with E-state index in [4.69, 9.17) is 0 Å². The lowest BCUT2D eigenvalue weighted by Crippen LogP contribution is -2.41. The topological polar surface area (TPSA) is 12.0 Å². The predicted octanol–water partition coefficient (Wildman–Crippen LogP) is 4.90. The van der Waals surface area contributed by atoms with E-state index in [2.05, 4.69) is 33.0 Å². The van der Waals surface area contributed by atoms with Crippen LogP contribution in [0.25, 0.3) is 0 Å². The molecule has 1 nitrogen and oxygen atoms in total. The zero-order chi connectivity index (χ0) is 12.7.